The number of hydrogen-bond acceptors (Lipinski definition) is 4. The molecule has 1 heterocycles. The lowest BCUT2D eigenvalue weighted by molar-refractivity contribution is 0.0806. The van der Waals surface area contributed by atoms with Gasteiger partial charge >= 0.3 is 0 Å². The number of rotatable bonds is 7. The fraction of sp³-hybridized carbons (Fsp3) is 0.700. The van der Waals surface area contributed by atoms with Crippen molar-refractivity contribution in [1.82, 2.24) is 9.80 Å². The number of aryl methyl sites for hydroxylation is 2. The molecule has 0 amide bonds. The molecule has 0 unspecified atom stereocenters. The van der Waals surface area contributed by atoms with Gasteiger partial charge in [0.25, 0.3) is 0 Å². The number of likely N-dealkylation sites (tertiary alicyclic amines) is 1. The minimum absolute atomic E-state index is 0.239. The molecule has 2 N–H and O–H groups in total. The van der Waals surface area contributed by atoms with E-state index in [1.165, 1.54) is 24.0 Å². The number of nitrogens with zero attached hydrogens (tertiary/aromatic N) is 2. The molecule has 24 heavy (non-hydrogen) atoms. The van der Waals surface area contributed by atoms with E-state index < -0.39 is 6.10 Å². The van der Waals surface area contributed by atoms with Gasteiger partial charge in [-0.05, 0) is 76.4 Å². The van der Waals surface area contributed by atoms with E-state index >= 15 is 0 Å². The first-order valence-corrected chi connectivity index (χ1v) is 9.19. The van der Waals surface area contributed by atoms with Crippen LogP contribution in [-0.2, 0) is 0 Å². The van der Waals surface area contributed by atoms with E-state index in [2.05, 4.69) is 42.8 Å². The van der Waals surface area contributed by atoms with Crippen LogP contribution < -0.4 is 0 Å². The molecule has 2 atom stereocenters. The van der Waals surface area contributed by atoms with Gasteiger partial charge in [0.15, 0.2) is 0 Å². The van der Waals surface area contributed by atoms with E-state index in [4.69, 9.17) is 0 Å². The Kier molecular flexibility index (Phi) is 7.23. The maximum atomic E-state index is 10.5. The van der Waals surface area contributed by atoms with Crippen LogP contribution in [0.3, 0.4) is 0 Å². The Morgan fingerprint density at radius 1 is 1.17 bits per heavy atom. The van der Waals surface area contributed by atoms with Crippen LogP contribution in [0.15, 0.2) is 18.2 Å². The van der Waals surface area contributed by atoms with Crippen LogP contribution in [-0.4, -0.2) is 65.9 Å². The van der Waals surface area contributed by atoms with Crippen molar-refractivity contribution in [3.8, 4) is 0 Å². The van der Waals surface area contributed by atoms with Crippen molar-refractivity contribution in [2.24, 2.45) is 5.92 Å². The summed E-state index contributed by atoms with van der Waals surface area (Å²) in [6.07, 6.45) is 1.69. The van der Waals surface area contributed by atoms with Gasteiger partial charge in [-0.3, -0.25) is 0 Å². The van der Waals surface area contributed by atoms with Gasteiger partial charge in [0.05, 0.1) is 12.2 Å². The molecule has 1 aromatic rings. The number of piperidine rings is 1. The SMILES string of the molecule is Cc1ccc([C@H](O)CN(C)CC2CCN(C[C@H](C)O)CC2)cc1C. The predicted octanol–water partition coefficient (Wildman–Crippen LogP) is 2.36. The van der Waals surface area contributed by atoms with Crippen molar-refractivity contribution in [3.63, 3.8) is 0 Å². The fourth-order valence-electron chi connectivity index (χ4n) is 3.61. The molecule has 0 spiro atoms. The van der Waals surface area contributed by atoms with Crippen LogP contribution in [0.4, 0.5) is 0 Å². The number of aliphatic hydroxyl groups is 2. The summed E-state index contributed by atoms with van der Waals surface area (Å²) >= 11 is 0. The Bertz CT molecular complexity index is 510. The highest BCUT2D eigenvalue weighted by molar-refractivity contribution is 5.31. The van der Waals surface area contributed by atoms with Crippen molar-refractivity contribution in [3.05, 3.63) is 34.9 Å². The summed E-state index contributed by atoms with van der Waals surface area (Å²) in [6.45, 7) is 10.7. The van der Waals surface area contributed by atoms with Crippen molar-refractivity contribution in [2.75, 3.05) is 39.8 Å². The Morgan fingerprint density at radius 3 is 2.42 bits per heavy atom. The van der Waals surface area contributed by atoms with Crippen LogP contribution in [0, 0.1) is 19.8 Å². The molecule has 0 aliphatic carbocycles. The molecule has 136 valence electrons. The molecule has 0 aromatic heterocycles. The summed E-state index contributed by atoms with van der Waals surface area (Å²) in [7, 11) is 2.10. The molecule has 1 fully saturated rings. The lowest BCUT2D eigenvalue weighted by Gasteiger charge is -2.34. The van der Waals surface area contributed by atoms with E-state index in [-0.39, 0.29) is 6.10 Å². The normalized spacial score (nSPS) is 19.6. The first-order chi connectivity index (χ1) is 11.3. The summed E-state index contributed by atoms with van der Waals surface area (Å²) < 4.78 is 0. The van der Waals surface area contributed by atoms with Crippen molar-refractivity contribution >= 4 is 0 Å². The van der Waals surface area contributed by atoms with Gasteiger partial charge in [-0.25, -0.2) is 0 Å². The van der Waals surface area contributed by atoms with Gasteiger partial charge in [0.2, 0.25) is 0 Å². The zero-order valence-corrected chi connectivity index (χ0v) is 15.7. The smallest absolute Gasteiger partial charge is 0.0916 e. The van der Waals surface area contributed by atoms with E-state index in [1.54, 1.807) is 0 Å². The maximum Gasteiger partial charge on any atom is 0.0916 e. The van der Waals surface area contributed by atoms with Gasteiger partial charge in [-0.1, -0.05) is 18.2 Å². The van der Waals surface area contributed by atoms with E-state index in [0.717, 1.165) is 31.7 Å². The van der Waals surface area contributed by atoms with Gasteiger partial charge < -0.3 is 20.0 Å². The highest BCUT2D eigenvalue weighted by Gasteiger charge is 2.22. The third-order valence-corrected chi connectivity index (χ3v) is 5.20. The Hall–Kier alpha value is -0.940. The highest BCUT2D eigenvalue weighted by Crippen LogP contribution is 2.21. The molecule has 1 aromatic carbocycles. The molecule has 0 radical (unpaired) electrons. The molecule has 0 bridgehead atoms. The van der Waals surface area contributed by atoms with Gasteiger partial charge in [-0.15, -0.1) is 0 Å². The number of likely N-dealkylation sites (N-methyl/N-ethyl adjacent to an activating group) is 1. The third-order valence-electron chi connectivity index (χ3n) is 5.20. The van der Waals surface area contributed by atoms with Crippen LogP contribution in [0.2, 0.25) is 0 Å². The molecule has 4 nitrogen and oxygen atoms in total. The average Bonchev–Trinajstić information content (AvgIpc) is 2.51. The second-order valence-corrected chi connectivity index (χ2v) is 7.67. The minimum atomic E-state index is -0.426. The molecule has 1 aliphatic rings. The summed E-state index contributed by atoms with van der Waals surface area (Å²) in [4.78, 5) is 4.61. The van der Waals surface area contributed by atoms with Crippen molar-refractivity contribution in [2.45, 2.75) is 45.8 Å². The monoisotopic (exact) mass is 334 g/mol. The minimum Gasteiger partial charge on any atom is -0.392 e. The zero-order valence-electron chi connectivity index (χ0n) is 15.7. The summed E-state index contributed by atoms with van der Waals surface area (Å²) in [5.41, 5.74) is 3.51. The summed E-state index contributed by atoms with van der Waals surface area (Å²) in [5, 5.41) is 20.0. The second-order valence-electron chi connectivity index (χ2n) is 7.67. The lowest BCUT2D eigenvalue weighted by Crippen LogP contribution is -2.41. The molecule has 2 rings (SSSR count). The van der Waals surface area contributed by atoms with Crippen LogP contribution in [0.5, 0.6) is 0 Å². The van der Waals surface area contributed by atoms with Crippen LogP contribution >= 0.6 is 0 Å². The van der Waals surface area contributed by atoms with Crippen LogP contribution in [0.1, 0.15) is 42.6 Å². The number of benzene rings is 1. The molecule has 0 saturated carbocycles. The quantitative estimate of drug-likeness (QED) is 0.804. The fourth-order valence-corrected chi connectivity index (χ4v) is 3.61. The van der Waals surface area contributed by atoms with Crippen molar-refractivity contribution in [1.29, 1.82) is 0 Å². The summed E-state index contributed by atoms with van der Waals surface area (Å²) in [6, 6.07) is 6.23. The zero-order chi connectivity index (χ0) is 17.7. The van der Waals surface area contributed by atoms with Gasteiger partial charge in [0, 0.05) is 19.6 Å². The first-order valence-electron chi connectivity index (χ1n) is 9.19. The van der Waals surface area contributed by atoms with E-state index in [1.807, 2.05) is 13.0 Å². The number of hydrogen-bond donors (Lipinski definition) is 2. The Labute approximate surface area is 147 Å². The van der Waals surface area contributed by atoms with Gasteiger partial charge in [-0.2, -0.15) is 0 Å². The number of aliphatic hydroxyl groups excluding tert-OH is 2. The first kappa shape index (κ1) is 19.4. The molecule has 4 heteroatoms. The largest absolute Gasteiger partial charge is 0.392 e. The van der Waals surface area contributed by atoms with Crippen molar-refractivity contribution < 1.29 is 10.2 Å². The molecule has 1 saturated heterocycles. The van der Waals surface area contributed by atoms with E-state index in [9.17, 15) is 10.2 Å². The second kappa shape index (κ2) is 8.95. The topological polar surface area (TPSA) is 46.9 Å². The molecular weight excluding hydrogens is 300 g/mol. The van der Waals surface area contributed by atoms with Crippen LogP contribution in [0.25, 0.3) is 0 Å². The van der Waals surface area contributed by atoms with E-state index in [0.29, 0.717) is 12.5 Å². The molecular formula is C20H34N2O2. The highest BCUT2D eigenvalue weighted by atomic mass is 16.3. The average molecular weight is 335 g/mol. The predicted molar refractivity (Wildman–Crippen MR) is 99.2 cm³/mol. The Morgan fingerprint density at radius 2 is 1.83 bits per heavy atom. The lowest BCUT2D eigenvalue weighted by atomic mass is 9.95. The Balaban J connectivity index is 1.77. The summed E-state index contributed by atoms with van der Waals surface area (Å²) in [5.74, 6) is 0.687. The van der Waals surface area contributed by atoms with Gasteiger partial charge in [0.1, 0.15) is 0 Å². The number of β-amino-alcohol motifs (C(OH)–C–C–N with tert-alkyl or cyclic N) is 1. The molecule has 1 aliphatic heterocycles. The third kappa shape index (κ3) is 5.85. The standard InChI is InChI=1S/C20H34N2O2/c1-15-5-6-19(11-16(15)2)20(24)14-21(4)13-18-7-9-22(10-8-18)12-17(3)23/h5-6,11,17-18,20,23-24H,7-10,12-14H2,1-4H3/t17-,20+/m0/s1. The maximum absolute atomic E-state index is 10.5.